The highest BCUT2D eigenvalue weighted by molar-refractivity contribution is 5.94. The van der Waals surface area contributed by atoms with Crippen LogP contribution in [0.25, 0.3) is 11.4 Å². The number of carbonyl (C=O) groups excluding carboxylic acids is 2. The third-order valence-electron chi connectivity index (χ3n) is 6.13. The van der Waals surface area contributed by atoms with Crippen molar-refractivity contribution >= 4 is 11.9 Å². The molecular formula is C22H26F3N5O5. The lowest BCUT2D eigenvalue weighted by Crippen LogP contribution is -2.57. The molecule has 190 valence electrons. The maximum absolute atomic E-state index is 13.2. The summed E-state index contributed by atoms with van der Waals surface area (Å²) < 4.78 is 47.7. The molecule has 2 aliphatic heterocycles. The Morgan fingerprint density at radius 3 is 2.57 bits per heavy atom. The van der Waals surface area contributed by atoms with Gasteiger partial charge in [-0.05, 0) is 31.4 Å². The van der Waals surface area contributed by atoms with E-state index < -0.39 is 18.0 Å². The minimum absolute atomic E-state index is 0.00974. The molecule has 0 saturated carbocycles. The first-order valence-corrected chi connectivity index (χ1v) is 11.3. The van der Waals surface area contributed by atoms with E-state index in [0.717, 1.165) is 12.8 Å². The van der Waals surface area contributed by atoms with Gasteiger partial charge in [0.25, 0.3) is 5.91 Å². The number of urea groups is 1. The van der Waals surface area contributed by atoms with Crippen LogP contribution in [0.2, 0.25) is 0 Å². The number of ether oxygens (including phenoxy) is 1. The van der Waals surface area contributed by atoms with E-state index in [1.54, 1.807) is 9.80 Å². The molecule has 0 bridgehead atoms. The predicted molar refractivity (Wildman–Crippen MR) is 115 cm³/mol. The van der Waals surface area contributed by atoms with Gasteiger partial charge >= 0.3 is 18.1 Å². The number of likely N-dealkylation sites (tertiary alicyclic amines) is 1. The first-order valence-electron chi connectivity index (χ1n) is 11.3. The molecule has 2 saturated heterocycles. The Balaban J connectivity index is 1.36. The van der Waals surface area contributed by atoms with Crippen LogP contribution < -0.4 is 5.32 Å². The van der Waals surface area contributed by atoms with Crippen LogP contribution in [-0.4, -0.2) is 88.5 Å². The van der Waals surface area contributed by atoms with Crippen LogP contribution in [0.15, 0.2) is 28.8 Å². The normalized spacial score (nSPS) is 20.8. The number of aromatic nitrogens is 2. The van der Waals surface area contributed by atoms with Crippen LogP contribution in [0.5, 0.6) is 0 Å². The zero-order valence-electron chi connectivity index (χ0n) is 18.8. The van der Waals surface area contributed by atoms with Gasteiger partial charge in [-0.25, -0.2) is 4.79 Å². The quantitative estimate of drug-likeness (QED) is 0.627. The van der Waals surface area contributed by atoms with Gasteiger partial charge in [-0.3, -0.25) is 4.79 Å². The highest BCUT2D eigenvalue weighted by atomic mass is 19.4. The van der Waals surface area contributed by atoms with Gasteiger partial charge in [0.2, 0.25) is 5.82 Å². The Morgan fingerprint density at radius 1 is 1.14 bits per heavy atom. The summed E-state index contributed by atoms with van der Waals surface area (Å²) in [6.45, 7) is 1.92. The Bertz CT molecular complexity index is 1030. The molecule has 2 fully saturated rings. The fourth-order valence-electron chi connectivity index (χ4n) is 4.32. The largest absolute Gasteiger partial charge is 0.471 e. The number of alkyl halides is 3. The van der Waals surface area contributed by atoms with Crippen molar-refractivity contribution < 1.29 is 37.1 Å². The third-order valence-corrected chi connectivity index (χ3v) is 6.13. The van der Waals surface area contributed by atoms with Gasteiger partial charge < -0.3 is 29.5 Å². The van der Waals surface area contributed by atoms with Crippen molar-refractivity contribution in [2.75, 3.05) is 39.5 Å². The fourth-order valence-corrected chi connectivity index (χ4v) is 4.32. The van der Waals surface area contributed by atoms with Gasteiger partial charge in [-0.15, -0.1) is 0 Å². The summed E-state index contributed by atoms with van der Waals surface area (Å²) in [5, 5.41) is 15.4. The van der Waals surface area contributed by atoms with Crippen molar-refractivity contribution in [3.05, 3.63) is 35.7 Å². The Hall–Kier alpha value is -3.19. The van der Waals surface area contributed by atoms with Crippen molar-refractivity contribution in [1.82, 2.24) is 25.3 Å². The minimum Gasteiger partial charge on any atom is -0.396 e. The van der Waals surface area contributed by atoms with Crippen LogP contribution in [0.4, 0.5) is 18.0 Å². The van der Waals surface area contributed by atoms with E-state index in [-0.39, 0.29) is 54.8 Å². The maximum atomic E-state index is 13.2. The van der Waals surface area contributed by atoms with Crippen molar-refractivity contribution in [3.8, 4) is 11.4 Å². The molecule has 3 amide bonds. The second kappa shape index (κ2) is 10.6. The molecular weight excluding hydrogens is 471 g/mol. The molecule has 35 heavy (non-hydrogen) atoms. The second-order valence-electron chi connectivity index (χ2n) is 8.41. The summed E-state index contributed by atoms with van der Waals surface area (Å²) in [5.74, 6) is -2.09. The van der Waals surface area contributed by atoms with Crippen molar-refractivity contribution in [2.45, 2.75) is 37.5 Å². The average molecular weight is 497 g/mol. The summed E-state index contributed by atoms with van der Waals surface area (Å²) in [6, 6.07) is 5.27. The fraction of sp³-hybridized carbons (Fsp3) is 0.545. The Labute approximate surface area is 199 Å². The molecule has 1 aromatic heterocycles. The number of halogens is 3. The van der Waals surface area contributed by atoms with E-state index in [2.05, 4.69) is 20.0 Å². The number of rotatable bonds is 6. The molecule has 0 aliphatic carbocycles. The molecule has 1 aromatic carbocycles. The predicted octanol–water partition coefficient (Wildman–Crippen LogP) is 2.15. The van der Waals surface area contributed by atoms with Crippen LogP contribution in [0, 0.1) is 0 Å². The molecule has 3 heterocycles. The summed E-state index contributed by atoms with van der Waals surface area (Å²) in [6.07, 6.45) is -2.46. The maximum Gasteiger partial charge on any atom is 0.471 e. The molecule has 0 radical (unpaired) electrons. The van der Waals surface area contributed by atoms with E-state index in [4.69, 9.17) is 4.74 Å². The SMILES string of the molecule is O=C(NC[C@H]1COCCN1C(=O)N1CCCC1CCO)c1ccc(-c2noc(C(F)(F)F)n2)cc1. The van der Waals surface area contributed by atoms with Crippen molar-refractivity contribution in [1.29, 1.82) is 0 Å². The van der Waals surface area contributed by atoms with E-state index in [9.17, 15) is 27.9 Å². The molecule has 2 aliphatic rings. The molecule has 2 atom stereocenters. The lowest BCUT2D eigenvalue weighted by Gasteiger charge is -2.39. The monoisotopic (exact) mass is 497 g/mol. The van der Waals surface area contributed by atoms with Gasteiger partial charge in [0.05, 0.1) is 19.3 Å². The standard InChI is InChI=1S/C22H26F3N5O5/c23-22(24,25)20-27-18(28-35-20)14-3-5-15(6-4-14)19(32)26-12-17-13-34-11-9-30(17)21(33)29-8-1-2-16(29)7-10-31/h3-6,16-17,31H,1-2,7-13H2,(H,26,32)/t16?,17-/m0/s1. The molecule has 2 aromatic rings. The van der Waals surface area contributed by atoms with E-state index >= 15 is 0 Å². The van der Waals surface area contributed by atoms with Crippen LogP contribution in [0.3, 0.4) is 0 Å². The third kappa shape index (κ3) is 5.73. The summed E-state index contributed by atoms with van der Waals surface area (Å²) in [7, 11) is 0. The van der Waals surface area contributed by atoms with Gasteiger partial charge in [0, 0.05) is 43.4 Å². The Morgan fingerprint density at radius 2 is 1.89 bits per heavy atom. The van der Waals surface area contributed by atoms with Crippen LogP contribution >= 0.6 is 0 Å². The smallest absolute Gasteiger partial charge is 0.396 e. The lowest BCUT2D eigenvalue weighted by atomic mass is 10.1. The van der Waals surface area contributed by atoms with Crippen LogP contribution in [-0.2, 0) is 10.9 Å². The van der Waals surface area contributed by atoms with Gasteiger partial charge in [0.15, 0.2) is 0 Å². The Kier molecular flexibility index (Phi) is 7.55. The topological polar surface area (TPSA) is 121 Å². The number of benzene rings is 1. The van der Waals surface area contributed by atoms with Gasteiger partial charge in [-0.1, -0.05) is 17.3 Å². The zero-order chi connectivity index (χ0) is 25.0. The van der Waals surface area contributed by atoms with E-state index in [0.29, 0.717) is 26.1 Å². The molecule has 2 N–H and O–H groups in total. The molecule has 4 rings (SSSR count). The van der Waals surface area contributed by atoms with E-state index in [1.807, 2.05) is 0 Å². The van der Waals surface area contributed by atoms with Crippen LogP contribution in [0.1, 0.15) is 35.5 Å². The first kappa shape index (κ1) is 24.9. The number of nitrogens with one attached hydrogen (secondary N) is 1. The molecule has 13 heteroatoms. The number of carbonyl (C=O) groups is 2. The number of hydrogen-bond donors (Lipinski definition) is 2. The zero-order valence-corrected chi connectivity index (χ0v) is 18.8. The number of morpholine rings is 1. The molecule has 0 spiro atoms. The van der Waals surface area contributed by atoms with Gasteiger partial charge in [0.1, 0.15) is 0 Å². The summed E-state index contributed by atoms with van der Waals surface area (Å²) in [5.41, 5.74) is 0.548. The minimum atomic E-state index is -4.74. The van der Waals surface area contributed by atoms with Crippen molar-refractivity contribution in [3.63, 3.8) is 0 Å². The lowest BCUT2D eigenvalue weighted by molar-refractivity contribution is -0.159. The number of amides is 3. The average Bonchev–Trinajstić information content (AvgIpc) is 3.53. The molecule has 1 unspecified atom stereocenters. The summed E-state index contributed by atoms with van der Waals surface area (Å²) >= 11 is 0. The summed E-state index contributed by atoms with van der Waals surface area (Å²) in [4.78, 5) is 32.6. The molecule has 10 nitrogen and oxygen atoms in total. The number of aliphatic hydroxyl groups excluding tert-OH is 1. The number of aliphatic hydroxyl groups is 1. The number of nitrogens with zero attached hydrogens (tertiary/aromatic N) is 4. The first-order chi connectivity index (χ1) is 16.8. The van der Waals surface area contributed by atoms with E-state index in [1.165, 1.54) is 24.3 Å². The van der Waals surface area contributed by atoms with Crippen molar-refractivity contribution in [2.24, 2.45) is 0 Å². The highest BCUT2D eigenvalue weighted by Gasteiger charge is 2.39. The highest BCUT2D eigenvalue weighted by Crippen LogP contribution is 2.29. The van der Waals surface area contributed by atoms with Gasteiger partial charge in [-0.2, -0.15) is 18.2 Å². The number of hydrogen-bond acceptors (Lipinski definition) is 7. The second-order valence-corrected chi connectivity index (χ2v) is 8.41.